The van der Waals surface area contributed by atoms with Crippen LogP contribution in [0.3, 0.4) is 0 Å². The predicted octanol–water partition coefficient (Wildman–Crippen LogP) is 1.94. The van der Waals surface area contributed by atoms with Gasteiger partial charge >= 0.3 is 0 Å². The van der Waals surface area contributed by atoms with Crippen molar-refractivity contribution in [2.24, 2.45) is 0 Å². The van der Waals surface area contributed by atoms with Gasteiger partial charge in [0, 0.05) is 17.7 Å². The first kappa shape index (κ1) is 14.3. The number of hydrogen-bond acceptors (Lipinski definition) is 5. The van der Waals surface area contributed by atoms with Crippen molar-refractivity contribution < 1.29 is 14.6 Å². The fourth-order valence-corrected chi connectivity index (χ4v) is 1.88. The first-order valence-electron chi connectivity index (χ1n) is 6.44. The zero-order valence-corrected chi connectivity index (χ0v) is 11.9. The van der Waals surface area contributed by atoms with Crippen molar-refractivity contribution in [2.75, 3.05) is 7.11 Å². The molecule has 0 aliphatic rings. The molecule has 0 saturated heterocycles. The Kier molecular flexibility index (Phi) is 4.57. The van der Waals surface area contributed by atoms with Crippen LogP contribution < -0.4 is 9.47 Å². The van der Waals surface area contributed by atoms with E-state index in [0.717, 1.165) is 5.82 Å². The molecule has 6 nitrogen and oxygen atoms in total. The second-order valence-electron chi connectivity index (χ2n) is 4.64. The molecule has 6 heteroatoms. The molecule has 20 heavy (non-hydrogen) atoms. The molecular weight excluding hydrogens is 258 g/mol. The molecule has 0 radical (unpaired) electrons. The average molecular weight is 277 g/mol. The molecular formula is C14H19N3O3. The van der Waals surface area contributed by atoms with Crippen LogP contribution in [0.2, 0.25) is 0 Å². The molecule has 0 fully saturated rings. The summed E-state index contributed by atoms with van der Waals surface area (Å²) in [6.45, 7) is 4.26. The van der Waals surface area contributed by atoms with E-state index in [1.165, 1.54) is 6.33 Å². The van der Waals surface area contributed by atoms with Crippen LogP contribution in [0.1, 0.15) is 31.3 Å². The van der Waals surface area contributed by atoms with Crippen LogP contribution in [0.5, 0.6) is 11.5 Å². The molecule has 0 saturated carbocycles. The largest absolute Gasteiger partial charge is 0.497 e. The monoisotopic (exact) mass is 277 g/mol. The minimum atomic E-state index is -0.0871. The Balaban J connectivity index is 2.15. The zero-order chi connectivity index (χ0) is 14.5. The van der Waals surface area contributed by atoms with Gasteiger partial charge in [-0.2, -0.15) is 5.10 Å². The second kappa shape index (κ2) is 6.38. The van der Waals surface area contributed by atoms with Crippen molar-refractivity contribution >= 4 is 0 Å². The van der Waals surface area contributed by atoms with Crippen molar-refractivity contribution in [3.05, 3.63) is 35.9 Å². The summed E-state index contributed by atoms with van der Waals surface area (Å²) in [5, 5.41) is 13.5. The van der Waals surface area contributed by atoms with Gasteiger partial charge in [0.15, 0.2) is 5.82 Å². The fraction of sp³-hybridized carbons (Fsp3) is 0.429. The van der Waals surface area contributed by atoms with E-state index >= 15 is 0 Å². The summed E-state index contributed by atoms with van der Waals surface area (Å²) < 4.78 is 12.7. The van der Waals surface area contributed by atoms with Crippen LogP contribution in [0.4, 0.5) is 0 Å². The summed E-state index contributed by atoms with van der Waals surface area (Å²) in [7, 11) is 1.59. The summed E-state index contributed by atoms with van der Waals surface area (Å²) in [5.41, 5.74) is 0.710. The van der Waals surface area contributed by atoms with Gasteiger partial charge < -0.3 is 14.6 Å². The number of ether oxygens (including phenoxy) is 2. The van der Waals surface area contributed by atoms with Gasteiger partial charge in [-0.1, -0.05) is 0 Å². The fourth-order valence-electron chi connectivity index (χ4n) is 1.88. The van der Waals surface area contributed by atoms with E-state index in [0.29, 0.717) is 23.7 Å². The van der Waals surface area contributed by atoms with Crippen LogP contribution in [-0.2, 0) is 13.2 Å². The Morgan fingerprint density at radius 2 is 2.15 bits per heavy atom. The SMILES string of the molecule is COc1ccc(CO)c(OCc2ncnn2C(C)C)c1. The van der Waals surface area contributed by atoms with E-state index < -0.39 is 0 Å². The van der Waals surface area contributed by atoms with Gasteiger partial charge in [0.05, 0.1) is 13.7 Å². The van der Waals surface area contributed by atoms with Gasteiger partial charge in [0.25, 0.3) is 0 Å². The highest BCUT2D eigenvalue weighted by Gasteiger charge is 2.10. The Morgan fingerprint density at radius 3 is 2.80 bits per heavy atom. The number of hydrogen-bond donors (Lipinski definition) is 1. The number of aromatic nitrogens is 3. The van der Waals surface area contributed by atoms with E-state index in [1.807, 2.05) is 13.8 Å². The van der Waals surface area contributed by atoms with E-state index in [-0.39, 0.29) is 12.6 Å². The molecule has 2 rings (SSSR count). The van der Waals surface area contributed by atoms with E-state index in [9.17, 15) is 5.11 Å². The first-order chi connectivity index (χ1) is 9.65. The molecule has 108 valence electrons. The summed E-state index contributed by atoms with van der Waals surface area (Å²) in [5.74, 6) is 2.01. The minimum absolute atomic E-state index is 0.0871. The molecule has 0 atom stereocenters. The molecule has 0 bridgehead atoms. The van der Waals surface area contributed by atoms with Crippen LogP contribution in [-0.4, -0.2) is 27.0 Å². The smallest absolute Gasteiger partial charge is 0.165 e. The third-order valence-corrected chi connectivity index (χ3v) is 2.94. The third-order valence-electron chi connectivity index (χ3n) is 2.94. The lowest BCUT2D eigenvalue weighted by Gasteiger charge is -2.13. The van der Waals surface area contributed by atoms with Crippen molar-refractivity contribution in [3.8, 4) is 11.5 Å². The van der Waals surface area contributed by atoms with Crippen molar-refractivity contribution in [3.63, 3.8) is 0 Å². The maximum absolute atomic E-state index is 9.33. The van der Waals surface area contributed by atoms with Gasteiger partial charge in [-0.3, -0.25) is 0 Å². The Morgan fingerprint density at radius 1 is 1.35 bits per heavy atom. The third kappa shape index (κ3) is 3.08. The molecule has 0 aliphatic carbocycles. The van der Waals surface area contributed by atoms with Crippen molar-refractivity contribution in [1.82, 2.24) is 14.8 Å². The number of benzene rings is 1. The summed E-state index contributed by atoms with van der Waals surface area (Å²) >= 11 is 0. The molecule has 1 aromatic carbocycles. The van der Waals surface area contributed by atoms with E-state index in [1.54, 1.807) is 30.0 Å². The zero-order valence-electron chi connectivity index (χ0n) is 11.9. The molecule has 0 aliphatic heterocycles. The second-order valence-corrected chi connectivity index (χ2v) is 4.64. The predicted molar refractivity (Wildman–Crippen MR) is 73.7 cm³/mol. The highest BCUT2D eigenvalue weighted by atomic mass is 16.5. The maximum atomic E-state index is 9.33. The standard InChI is InChI=1S/C14H19N3O3/c1-10(2)17-14(15-9-16-17)8-20-13-6-12(19-3)5-4-11(13)7-18/h4-6,9-10,18H,7-8H2,1-3H3. The van der Waals surface area contributed by atoms with Crippen molar-refractivity contribution in [2.45, 2.75) is 33.1 Å². The van der Waals surface area contributed by atoms with Crippen molar-refractivity contribution in [1.29, 1.82) is 0 Å². The summed E-state index contributed by atoms with van der Waals surface area (Å²) in [4.78, 5) is 4.18. The summed E-state index contributed by atoms with van der Waals surface area (Å²) in [6.07, 6.45) is 1.51. The van der Waals surface area contributed by atoms with E-state index in [2.05, 4.69) is 10.1 Å². The van der Waals surface area contributed by atoms with Crippen LogP contribution in [0.15, 0.2) is 24.5 Å². The van der Waals surface area contributed by atoms with Crippen LogP contribution >= 0.6 is 0 Å². The normalized spacial score (nSPS) is 10.8. The average Bonchev–Trinajstić information content (AvgIpc) is 2.93. The molecule has 1 heterocycles. The molecule has 1 aromatic heterocycles. The lowest BCUT2D eigenvalue weighted by Crippen LogP contribution is -2.11. The quantitative estimate of drug-likeness (QED) is 0.873. The Labute approximate surface area is 118 Å². The van der Waals surface area contributed by atoms with Gasteiger partial charge in [0.1, 0.15) is 24.4 Å². The maximum Gasteiger partial charge on any atom is 0.165 e. The van der Waals surface area contributed by atoms with Gasteiger partial charge in [0.2, 0.25) is 0 Å². The number of aliphatic hydroxyl groups excluding tert-OH is 1. The topological polar surface area (TPSA) is 69.4 Å². The molecule has 1 N–H and O–H groups in total. The molecule has 2 aromatic rings. The lowest BCUT2D eigenvalue weighted by atomic mass is 10.2. The number of methoxy groups -OCH3 is 1. The van der Waals surface area contributed by atoms with Crippen LogP contribution in [0.25, 0.3) is 0 Å². The lowest BCUT2D eigenvalue weighted by molar-refractivity contribution is 0.250. The molecule has 0 spiro atoms. The van der Waals surface area contributed by atoms with Gasteiger partial charge in [-0.25, -0.2) is 9.67 Å². The Bertz CT molecular complexity index is 567. The minimum Gasteiger partial charge on any atom is -0.497 e. The van der Waals surface area contributed by atoms with E-state index in [4.69, 9.17) is 9.47 Å². The Hall–Kier alpha value is -2.08. The number of rotatable bonds is 6. The van der Waals surface area contributed by atoms with Gasteiger partial charge in [-0.05, 0) is 26.0 Å². The van der Waals surface area contributed by atoms with Crippen LogP contribution in [0, 0.1) is 0 Å². The van der Waals surface area contributed by atoms with Gasteiger partial charge in [-0.15, -0.1) is 0 Å². The molecule has 0 unspecified atom stereocenters. The number of aliphatic hydroxyl groups is 1. The first-order valence-corrected chi connectivity index (χ1v) is 6.44. The highest BCUT2D eigenvalue weighted by Crippen LogP contribution is 2.25. The molecule has 0 amide bonds. The highest BCUT2D eigenvalue weighted by molar-refractivity contribution is 5.40. The summed E-state index contributed by atoms with van der Waals surface area (Å²) in [6, 6.07) is 5.54. The number of nitrogens with zero attached hydrogens (tertiary/aromatic N) is 3.